The van der Waals surface area contributed by atoms with Crippen LogP contribution in [0.2, 0.25) is 0 Å². The second-order valence-corrected chi connectivity index (χ2v) is 5.08. The van der Waals surface area contributed by atoms with Gasteiger partial charge in [0.1, 0.15) is 5.82 Å². The minimum Gasteiger partial charge on any atom is -0.398 e. The van der Waals surface area contributed by atoms with E-state index in [2.05, 4.69) is 0 Å². The molecule has 0 aliphatic carbocycles. The van der Waals surface area contributed by atoms with Gasteiger partial charge in [-0.05, 0) is 41.5 Å². The monoisotopic (exact) mass is 279 g/mol. The van der Waals surface area contributed by atoms with Crippen molar-refractivity contribution in [1.29, 1.82) is 0 Å². The number of rotatable bonds is 2. The Morgan fingerprint density at radius 3 is 2.33 bits per heavy atom. The Morgan fingerprint density at radius 1 is 1.00 bits per heavy atom. The quantitative estimate of drug-likeness (QED) is 0.567. The molecule has 2 nitrogen and oxygen atoms in total. The molecule has 0 aliphatic heterocycles. The van der Waals surface area contributed by atoms with E-state index in [1.807, 2.05) is 24.3 Å². The summed E-state index contributed by atoms with van der Waals surface area (Å²) in [6.45, 7) is 1.66. The highest BCUT2D eigenvalue weighted by molar-refractivity contribution is 6.14. The molecule has 21 heavy (non-hydrogen) atoms. The summed E-state index contributed by atoms with van der Waals surface area (Å²) in [6.07, 6.45) is 0. The van der Waals surface area contributed by atoms with E-state index in [4.69, 9.17) is 5.73 Å². The van der Waals surface area contributed by atoms with E-state index in [1.54, 1.807) is 31.2 Å². The van der Waals surface area contributed by atoms with Crippen molar-refractivity contribution >= 4 is 22.2 Å². The molecule has 0 heterocycles. The van der Waals surface area contributed by atoms with Gasteiger partial charge in [0.2, 0.25) is 0 Å². The molecule has 0 unspecified atom stereocenters. The highest BCUT2D eigenvalue weighted by Gasteiger charge is 2.14. The molecule has 2 N–H and O–H groups in total. The van der Waals surface area contributed by atoms with Crippen LogP contribution in [0.25, 0.3) is 10.8 Å². The molecule has 0 saturated carbocycles. The maximum Gasteiger partial charge on any atom is 0.195 e. The molecule has 0 spiro atoms. The normalized spacial score (nSPS) is 10.8. The number of nitrogen functional groups attached to an aromatic ring is 1. The molecule has 3 aromatic carbocycles. The maximum absolute atomic E-state index is 13.6. The fraction of sp³-hybridized carbons (Fsp3) is 0.0556. The average molecular weight is 279 g/mol. The Balaban J connectivity index is 2.12. The van der Waals surface area contributed by atoms with Crippen LogP contribution in [-0.4, -0.2) is 5.78 Å². The second-order valence-electron chi connectivity index (χ2n) is 5.08. The zero-order valence-corrected chi connectivity index (χ0v) is 11.6. The molecular weight excluding hydrogens is 265 g/mol. The van der Waals surface area contributed by atoms with Gasteiger partial charge in [-0.1, -0.05) is 36.4 Å². The highest BCUT2D eigenvalue weighted by Crippen LogP contribution is 2.24. The van der Waals surface area contributed by atoms with Crippen LogP contribution in [0.5, 0.6) is 0 Å². The molecule has 0 fully saturated rings. The zero-order valence-electron chi connectivity index (χ0n) is 11.6. The molecule has 0 saturated heterocycles. The lowest BCUT2D eigenvalue weighted by atomic mass is 9.97. The van der Waals surface area contributed by atoms with Crippen LogP contribution in [0, 0.1) is 12.7 Å². The van der Waals surface area contributed by atoms with Gasteiger partial charge in [0, 0.05) is 16.8 Å². The lowest BCUT2D eigenvalue weighted by molar-refractivity contribution is 0.103. The number of anilines is 1. The molecule has 3 heteroatoms. The van der Waals surface area contributed by atoms with Crippen molar-refractivity contribution in [2.24, 2.45) is 0 Å². The van der Waals surface area contributed by atoms with Crippen molar-refractivity contribution in [2.45, 2.75) is 6.92 Å². The minimum atomic E-state index is -0.389. The molecule has 0 aromatic heterocycles. The van der Waals surface area contributed by atoms with E-state index in [1.165, 1.54) is 6.07 Å². The summed E-state index contributed by atoms with van der Waals surface area (Å²) in [4.78, 5) is 12.5. The van der Waals surface area contributed by atoms with Crippen molar-refractivity contribution in [3.05, 3.63) is 77.1 Å². The minimum absolute atomic E-state index is 0.267. The number of nitrogens with two attached hydrogens (primary N) is 1. The molecule has 0 atom stereocenters. The van der Waals surface area contributed by atoms with Gasteiger partial charge in [-0.25, -0.2) is 4.39 Å². The summed E-state index contributed by atoms with van der Waals surface area (Å²) < 4.78 is 13.6. The van der Waals surface area contributed by atoms with Crippen LogP contribution in [-0.2, 0) is 0 Å². The SMILES string of the molecule is Cc1ccc(C(=O)c2cc3ccccc3cc2N)cc1F. The van der Waals surface area contributed by atoms with Gasteiger partial charge >= 0.3 is 0 Å². The van der Waals surface area contributed by atoms with Crippen molar-refractivity contribution in [2.75, 3.05) is 5.73 Å². The van der Waals surface area contributed by atoms with Crippen molar-refractivity contribution in [3.8, 4) is 0 Å². The van der Waals surface area contributed by atoms with Gasteiger partial charge in [0.15, 0.2) is 5.78 Å². The molecule has 3 rings (SSSR count). The fourth-order valence-electron chi connectivity index (χ4n) is 2.34. The smallest absolute Gasteiger partial charge is 0.195 e. The number of benzene rings is 3. The summed E-state index contributed by atoms with van der Waals surface area (Å²) in [6, 6.07) is 15.7. The standard InChI is InChI=1S/C18H14FNO/c1-11-6-7-14(9-16(11)19)18(21)15-8-12-4-2-3-5-13(12)10-17(15)20/h2-10H,20H2,1H3. The first kappa shape index (κ1) is 13.3. The largest absolute Gasteiger partial charge is 0.398 e. The summed E-state index contributed by atoms with van der Waals surface area (Å²) in [5.74, 6) is -0.655. The summed E-state index contributed by atoms with van der Waals surface area (Å²) in [5.41, 5.74) is 7.60. The Labute approximate surface area is 122 Å². The van der Waals surface area contributed by atoms with Gasteiger partial charge in [-0.3, -0.25) is 4.79 Å². The predicted molar refractivity (Wildman–Crippen MR) is 82.9 cm³/mol. The first-order chi connectivity index (χ1) is 10.1. The maximum atomic E-state index is 13.6. The first-order valence-electron chi connectivity index (χ1n) is 6.65. The molecule has 0 radical (unpaired) electrons. The van der Waals surface area contributed by atoms with E-state index in [-0.39, 0.29) is 11.6 Å². The van der Waals surface area contributed by atoms with Gasteiger partial charge < -0.3 is 5.73 Å². The molecule has 3 aromatic rings. The number of hydrogen-bond acceptors (Lipinski definition) is 2. The van der Waals surface area contributed by atoms with Crippen molar-refractivity contribution in [3.63, 3.8) is 0 Å². The lowest BCUT2D eigenvalue weighted by Gasteiger charge is -2.08. The van der Waals surface area contributed by atoms with Crippen molar-refractivity contribution in [1.82, 2.24) is 0 Å². The Bertz CT molecular complexity index is 855. The third kappa shape index (κ3) is 2.38. The molecule has 0 bridgehead atoms. The number of carbonyl (C=O) groups excluding carboxylic acids is 1. The van der Waals surface area contributed by atoms with Crippen LogP contribution in [0.1, 0.15) is 21.5 Å². The molecule has 104 valence electrons. The number of aryl methyl sites for hydroxylation is 1. The molecular formula is C18H14FNO. The van der Waals surface area contributed by atoms with Gasteiger partial charge in [-0.15, -0.1) is 0 Å². The van der Waals surface area contributed by atoms with Gasteiger partial charge in [0.25, 0.3) is 0 Å². The highest BCUT2D eigenvalue weighted by atomic mass is 19.1. The average Bonchev–Trinajstić information content (AvgIpc) is 2.48. The number of fused-ring (bicyclic) bond motifs is 1. The number of halogens is 1. The number of ketones is 1. The second kappa shape index (κ2) is 5.02. The van der Waals surface area contributed by atoms with Crippen LogP contribution in [0.15, 0.2) is 54.6 Å². The van der Waals surface area contributed by atoms with Crippen LogP contribution in [0.3, 0.4) is 0 Å². The van der Waals surface area contributed by atoms with E-state index in [0.717, 1.165) is 10.8 Å². The zero-order chi connectivity index (χ0) is 15.0. The van der Waals surface area contributed by atoms with E-state index < -0.39 is 0 Å². The van der Waals surface area contributed by atoms with Crippen LogP contribution >= 0.6 is 0 Å². The van der Waals surface area contributed by atoms with Crippen molar-refractivity contribution < 1.29 is 9.18 Å². The van der Waals surface area contributed by atoms with E-state index >= 15 is 0 Å². The Morgan fingerprint density at radius 2 is 1.67 bits per heavy atom. The van der Waals surface area contributed by atoms with E-state index in [9.17, 15) is 9.18 Å². The Kier molecular flexibility index (Phi) is 3.18. The van der Waals surface area contributed by atoms with Gasteiger partial charge in [0.05, 0.1) is 0 Å². The van der Waals surface area contributed by atoms with Crippen LogP contribution < -0.4 is 5.73 Å². The van der Waals surface area contributed by atoms with Gasteiger partial charge in [-0.2, -0.15) is 0 Å². The third-order valence-electron chi connectivity index (χ3n) is 3.60. The molecule has 0 amide bonds. The lowest BCUT2D eigenvalue weighted by Crippen LogP contribution is -2.06. The third-order valence-corrected chi connectivity index (χ3v) is 3.60. The number of carbonyl (C=O) groups is 1. The fourth-order valence-corrected chi connectivity index (χ4v) is 2.34. The van der Waals surface area contributed by atoms with Crippen LogP contribution in [0.4, 0.5) is 10.1 Å². The molecule has 0 aliphatic rings. The van der Waals surface area contributed by atoms with E-state index in [0.29, 0.717) is 22.4 Å². The predicted octanol–water partition coefficient (Wildman–Crippen LogP) is 4.10. The summed E-state index contributed by atoms with van der Waals surface area (Å²) >= 11 is 0. The summed E-state index contributed by atoms with van der Waals surface area (Å²) in [5, 5.41) is 1.91. The topological polar surface area (TPSA) is 43.1 Å². The summed E-state index contributed by atoms with van der Waals surface area (Å²) in [7, 11) is 0. The Hall–Kier alpha value is -2.68. The first-order valence-corrected chi connectivity index (χ1v) is 6.65. The number of hydrogen-bond donors (Lipinski definition) is 1.